The van der Waals surface area contributed by atoms with Crippen molar-refractivity contribution in [3.8, 4) is 11.3 Å². The molecule has 0 spiro atoms. The topological polar surface area (TPSA) is 98.3 Å². The summed E-state index contributed by atoms with van der Waals surface area (Å²) < 4.78 is 1.34. The lowest BCUT2D eigenvalue weighted by Gasteiger charge is -2.09. The first kappa shape index (κ1) is 15.8. The average Bonchev–Trinajstić information content (AvgIpc) is 2.54. The molecule has 0 fully saturated rings. The first-order valence-electron chi connectivity index (χ1n) is 7.03. The van der Waals surface area contributed by atoms with Crippen LogP contribution in [0.2, 0.25) is 0 Å². The average molecular weight is 303 g/mol. The second kappa shape index (κ2) is 6.95. The van der Waals surface area contributed by atoms with Crippen LogP contribution in [0.3, 0.4) is 0 Å². The predicted octanol–water partition coefficient (Wildman–Crippen LogP) is 2.11. The normalized spacial score (nSPS) is 10.6. The van der Waals surface area contributed by atoms with Crippen molar-refractivity contribution in [3.05, 3.63) is 56.4 Å². The maximum absolute atomic E-state index is 12.1. The molecule has 22 heavy (non-hydrogen) atoms. The Morgan fingerprint density at radius 1 is 1.32 bits per heavy atom. The van der Waals surface area contributed by atoms with Crippen LogP contribution in [-0.4, -0.2) is 19.8 Å². The number of rotatable bonds is 6. The summed E-state index contributed by atoms with van der Waals surface area (Å²) >= 11 is 0. The van der Waals surface area contributed by atoms with E-state index in [1.165, 1.54) is 22.9 Å². The molecular formula is C15H17N3O4. The second-order valence-electron chi connectivity index (χ2n) is 4.90. The lowest BCUT2D eigenvalue weighted by Crippen LogP contribution is -2.26. The van der Waals surface area contributed by atoms with Gasteiger partial charge >= 0.3 is 0 Å². The monoisotopic (exact) mass is 303 g/mol. The summed E-state index contributed by atoms with van der Waals surface area (Å²) in [6, 6.07) is 7.45. The molecule has 1 N–H and O–H groups in total. The fourth-order valence-corrected chi connectivity index (χ4v) is 2.06. The van der Waals surface area contributed by atoms with E-state index in [1.54, 1.807) is 12.1 Å². The minimum absolute atomic E-state index is 0.00886. The molecular weight excluding hydrogens is 286 g/mol. The highest BCUT2D eigenvalue weighted by atomic mass is 16.6. The van der Waals surface area contributed by atoms with Crippen LogP contribution in [0.25, 0.3) is 11.3 Å². The molecule has 0 atom stereocenters. The minimum atomic E-state index is -0.474. The Morgan fingerprint density at radius 3 is 2.55 bits per heavy atom. The summed E-state index contributed by atoms with van der Waals surface area (Å²) in [6.07, 6.45) is 1.73. The van der Waals surface area contributed by atoms with E-state index >= 15 is 0 Å². The quantitative estimate of drug-likeness (QED) is 0.651. The van der Waals surface area contributed by atoms with Gasteiger partial charge in [0.1, 0.15) is 0 Å². The van der Waals surface area contributed by atoms with Crippen molar-refractivity contribution in [2.24, 2.45) is 0 Å². The zero-order valence-electron chi connectivity index (χ0n) is 12.2. The standard InChI is InChI=1S/C15H17N3O4/c1-2-3-8-17-15(20)12(10-19)9-14(16-17)11-4-6-13(7-5-11)18(21)22/h4-7,9,19H,2-3,8,10H2,1H3. The van der Waals surface area contributed by atoms with Crippen molar-refractivity contribution >= 4 is 5.69 Å². The molecule has 1 aromatic carbocycles. The van der Waals surface area contributed by atoms with Gasteiger partial charge in [0.05, 0.1) is 17.2 Å². The molecule has 0 saturated heterocycles. The van der Waals surface area contributed by atoms with Crippen LogP contribution in [0.1, 0.15) is 25.3 Å². The van der Waals surface area contributed by atoms with Crippen molar-refractivity contribution in [2.45, 2.75) is 32.9 Å². The molecule has 1 heterocycles. The molecule has 2 rings (SSSR count). The Morgan fingerprint density at radius 2 is 2.00 bits per heavy atom. The Hall–Kier alpha value is -2.54. The van der Waals surface area contributed by atoms with Crippen LogP contribution in [-0.2, 0) is 13.2 Å². The number of nitro benzene ring substituents is 1. The van der Waals surface area contributed by atoms with E-state index in [0.29, 0.717) is 17.8 Å². The second-order valence-corrected chi connectivity index (χ2v) is 4.90. The van der Waals surface area contributed by atoms with Gasteiger partial charge in [-0.1, -0.05) is 13.3 Å². The third-order valence-electron chi connectivity index (χ3n) is 3.32. The number of aliphatic hydroxyl groups is 1. The van der Waals surface area contributed by atoms with Crippen LogP contribution in [0.5, 0.6) is 0 Å². The number of aryl methyl sites for hydroxylation is 1. The molecule has 116 valence electrons. The number of hydrogen-bond donors (Lipinski definition) is 1. The number of unbranched alkanes of at least 4 members (excludes halogenated alkanes) is 1. The largest absolute Gasteiger partial charge is 0.391 e. The van der Waals surface area contributed by atoms with Crippen LogP contribution in [0, 0.1) is 10.1 Å². The van der Waals surface area contributed by atoms with E-state index in [9.17, 15) is 20.0 Å². The lowest BCUT2D eigenvalue weighted by molar-refractivity contribution is -0.384. The van der Waals surface area contributed by atoms with Gasteiger partial charge in [0.25, 0.3) is 11.2 Å². The van der Waals surface area contributed by atoms with Gasteiger partial charge in [-0.2, -0.15) is 5.10 Å². The number of nitro groups is 1. The maximum atomic E-state index is 12.1. The molecule has 0 amide bonds. The highest BCUT2D eigenvalue weighted by Crippen LogP contribution is 2.20. The van der Waals surface area contributed by atoms with E-state index in [0.717, 1.165) is 12.8 Å². The number of aromatic nitrogens is 2. The third kappa shape index (κ3) is 3.37. The lowest BCUT2D eigenvalue weighted by atomic mass is 10.1. The summed E-state index contributed by atoms with van der Waals surface area (Å²) in [6.45, 7) is 2.12. The van der Waals surface area contributed by atoms with E-state index in [1.807, 2.05) is 6.92 Å². The predicted molar refractivity (Wildman–Crippen MR) is 81.4 cm³/mol. The molecule has 0 radical (unpaired) electrons. The fourth-order valence-electron chi connectivity index (χ4n) is 2.06. The van der Waals surface area contributed by atoms with Crippen LogP contribution >= 0.6 is 0 Å². The van der Waals surface area contributed by atoms with Gasteiger partial charge in [0.2, 0.25) is 0 Å². The van der Waals surface area contributed by atoms with Crippen molar-refractivity contribution in [3.63, 3.8) is 0 Å². The summed E-state index contributed by atoms with van der Waals surface area (Å²) in [4.78, 5) is 22.3. The van der Waals surface area contributed by atoms with E-state index in [4.69, 9.17) is 0 Å². The van der Waals surface area contributed by atoms with Crippen molar-refractivity contribution in [1.82, 2.24) is 9.78 Å². The van der Waals surface area contributed by atoms with Gasteiger partial charge in [-0.25, -0.2) is 4.68 Å². The van der Waals surface area contributed by atoms with Gasteiger partial charge in [0.15, 0.2) is 0 Å². The highest BCUT2D eigenvalue weighted by Gasteiger charge is 2.11. The number of non-ortho nitro benzene ring substituents is 1. The highest BCUT2D eigenvalue weighted by molar-refractivity contribution is 5.60. The SMILES string of the molecule is CCCCn1nc(-c2ccc([N+](=O)[O-])cc2)cc(CO)c1=O. The number of benzene rings is 1. The van der Waals surface area contributed by atoms with Crippen molar-refractivity contribution < 1.29 is 10.0 Å². The first-order chi connectivity index (χ1) is 10.6. The van der Waals surface area contributed by atoms with E-state index < -0.39 is 4.92 Å². The molecule has 0 unspecified atom stereocenters. The third-order valence-corrected chi connectivity index (χ3v) is 3.32. The molecule has 7 nitrogen and oxygen atoms in total. The summed E-state index contributed by atoms with van der Waals surface area (Å²) in [5.74, 6) is 0. The first-order valence-corrected chi connectivity index (χ1v) is 7.03. The Labute approximate surface area is 127 Å². The van der Waals surface area contributed by atoms with Gasteiger partial charge < -0.3 is 5.11 Å². The minimum Gasteiger partial charge on any atom is -0.391 e. The van der Waals surface area contributed by atoms with Gasteiger partial charge in [-0.05, 0) is 24.6 Å². The Kier molecular flexibility index (Phi) is 5.00. The summed E-state index contributed by atoms with van der Waals surface area (Å²) in [5, 5.41) is 24.3. The van der Waals surface area contributed by atoms with Crippen LogP contribution in [0.15, 0.2) is 35.1 Å². The van der Waals surface area contributed by atoms with Crippen LogP contribution in [0.4, 0.5) is 5.69 Å². The molecule has 0 bridgehead atoms. The Bertz CT molecular complexity index is 723. The molecule has 0 aliphatic heterocycles. The molecule has 0 saturated carbocycles. The Balaban J connectivity index is 2.45. The molecule has 7 heteroatoms. The van der Waals surface area contributed by atoms with Crippen molar-refractivity contribution in [1.29, 1.82) is 0 Å². The maximum Gasteiger partial charge on any atom is 0.272 e. The number of hydrogen-bond acceptors (Lipinski definition) is 5. The summed E-state index contributed by atoms with van der Waals surface area (Å²) in [5.41, 5.74) is 1.12. The molecule has 2 aromatic rings. The molecule has 0 aliphatic rings. The molecule has 0 aliphatic carbocycles. The number of aliphatic hydroxyl groups excluding tert-OH is 1. The zero-order chi connectivity index (χ0) is 16.1. The van der Waals surface area contributed by atoms with Gasteiger partial charge in [-0.3, -0.25) is 14.9 Å². The van der Waals surface area contributed by atoms with Gasteiger partial charge in [-0.15, -0.1) is 0 Å². The molecule has 1 aromatic heterocycles. The fraction of sp³-hybridized carbons (Fsp3) is 0.333. The zero-order valence-corrected chi connectivity index (χ0v) is 12.2. The van der Waals surface area contributed by atoms with Gasteiger partial charge in [0, 0.05) is 29.8 Å². The van der Waals surface area contributed by atoms with E-state index in [2.05, 4.69) is 5.10 Å². The summed E-state index contributed by atoms with van der Waals surface area (Å²) in [7, 11) is 0. The van der Waals surface area contributed by atoms with Crippen molar-refractivity contribution in [2.75, 3.05) is 0 Å². The number of nitrogens with zero attached hydrogens (tertiary/aromatic N) is 3. The smallest absolute Gasteiger partial charge is 0.272 e. The van der Waals surface area contributed by atoms with Crippen LogP contribution < -0.4 is 5.56 Å². The van der Waals surface area contributed by atoms with E-state index in [-0.39, 0.29) is 23.4 Å².